The molecule has 1 fully saturated rings. The van der Waals surface area contributed by atoms with E-state index in [4.69, 9.17) is 9.16 Å². The van der Waals surface area contributed by atoms with Crippen LogP contribution in [-0.4, -0.2) is 30.1 Å². The van der Waals surface area contributed by atoms with Crippen molar-refractivity contribution >= 4 is 8.32 Å². The van der Waals surface area contributed by atoms with Gasteiger partial charge in [-0.2, -0.15) is 0 Å². The molecule has 2 heterocycles. The van der Waals surface area contributed by atoms with Gasteiger partial charge in [-0.1, -0.05) is 34.6 Å². The lowest BCUT2D eigenvalue weighted by Gasteiger charge is -2.40. The smallest absolute Gasteiger partial charge is 0.330 e. The predicted molar refractivity (Wildman–Crippen MR) is 101 cm³/mol. The van der Waals surface area contributed by atoms with E-state index in [1.807, 2.05) is 0 Å². The maximum atomic E-state index is 12.4. The first kappa shape index (κ1) is 20.1. The van der Waals surface area contributed by atoms with Crippen LogP contribution in [0.15, 0.2) is 15.8 Å². The number of hydrogen-bond acceptors (Lipinski definition) is 4. The zero-order chi connectivity index (χ0) is 19.2. The number of hydrogen-bond donors (Lipinski definition) is 1. The minimum atomic E-state index is -2.04. The summed E-state index contributed by atoms with van der Waals surface area (Å²) in [5.41, 5.74) is -0.323. The predicted octanol–water partition coefficient (Wildman–Crippen LogP) is 3.18. The molecule has 1 unspecified atom stereocenters. The Balaban J connectivity index is 2.46. The number of ether oxygens (including phenoxy) is 1. The lowest BCUT2D eigenvalue weighted by atomic mass is 9.99. The van der Waals surface area contributed by atoms with Crippen molar-refractivity contribution in [3.05, 3.63) is 32.6 Å². The van der Waals surface area contributed by atoms with Crippen LogP contribution in [0.5, 0.6) is 0 Å². The van der Waals surface area contributed by atoms with E-state index in [0.717, 1.165) is 6.42 Å². The molecule has 0 aromatic carbocycles. The Bertz CT molecular complexity index is 732. The van der Waals surface area contributed by atoms with Crippen LogP contribution in [0, 0.1) is 12.8 Å². The summed E-state index contributed by atoms with van der Waals surface area (Å²) in [4.78, 5) is 26.4. The third kappa shape index (κ3) is 3.83. The van der Waals surface area contributed by atoms with Crippen molar-refractivity contribution in [3.8, 4) is 0 Å². The van der Waals surface area contributed by atoms with E-state index in [1.54, 1.807) is 13.1 Å². The van der Waals surface area contributed by atoms with Gasteiger partial charge in [0.25, 0.3) is 5.56 Å². The summed E-state index contributed by atoms with van der Waals surface area (Å²) < 4.78 is 14.3. The molecule has 0 radical (unpaired) electrons. The Labute approximate surface area is 150 Å². The highest BCUT2D eigenvalue weighted by Crippen LogP contribution is 2.43. The highest BCUT2D eigenvalue weighted by Gasteiger charge is 2.48. The van der Waals surface area contributed by atoms with Crippen molar-refractivity contribution < 1.29 is 9.16 Å². The van der Waals surface area contributed by atoms with E-state index >= 15 is 0 Å². The second-order valence-electron chi connectivity index (χ2n) is 8.65. The van der Waals surface area contributed by atoms with Crippen LogP contribution in [-0.2, 0) is 9.16 Å². The average molecular weight is 369 g/mol. The molecule has 0 aliphatic carbocycles. The highest BCUT2D eigenvalue weighted by atomic mass is 28.4. The molecule has 1 saturated heterocycles. The van der Waals surface area contributed by atoms with Gasteiger partial charge in [0.2, 0.25) is 0 Å². The molecule has 7 heteroatoms. The molecule has 0 bridgehead atoms. The standard InChI is InChI=1S/C18H32N2O4Si/c1-9-13-12(3)14(24-25(7,8)18(4,5)6)16(23-13)20-10-11(2)15(21)19-17(20)22/h10,12-14,16H,9H2,1-8H3,(H,19,21,22)/t12-,13+,14?,16+/m0/s1. The molecule has 1 aliphatic heterocycles. The van der Waals surface area contributed by atoms with E-state index in [1.165, 1.54) is 4.57 Å². The average Bonchev–Trinajstić information content (AvgIpc) is 2.78. The number of rotatable bonds is 4. The second kappa shape index (κ2) is 6.85. The van der Waals surface area contributed by atoms with Crippen LogP contribution in [0.2, 0.25) is 18.1 Å². The number of nitrogens with zero attached hydrogens (tertiary/aromatic N) is 1. The van der Waals surface area contributed by atoms with E-state index in [2.05, 4.69) is 52.7 Å². The van der Waals surface area contributed by atoms with E-state index in [-0.39, 0.29) is 28.7 Å². The molecule has 1 aromatic heterocycles. The van der Waals surface area contributed by atoms with Crippen LogP contribution < -0.4 is 11.2 Å². The maximum absolute atomic E-state index is 12.4. The molecule has 1 N–H and O–H groups in total. The van der Waals surface area contributed by atoms with Gasteiger partial charge in [-0.05, 0) is 31.5 Å². The number of aromatic amines is 1. The summed E-state index contributed by atoms with van der Waals surface area (Å²) in [7, 11) is -2.04. The van der Waals surface area contributed by atoms with Crippen LogP contribution in [0.25, 0.3) is 0 Å². The zero-order valence-electron chi connectivity index (χ0n) is 16.7. The SMILES string of the molecule is CC[C@H]1O[C@@H](n2cc(C)c(=O)[nH]c2=O)C(O[Si](C)(C)C(C)(C)C)[C@H]1C. The Morgan fingerprint density at radius 1 is 1.32 bits per heavy atom. The molecule has 142 valence electrons. The molecule has 0 saturated carbocycles. The quantitative estimate of drug-likeness (QED) is 0.829. The first-order valence-electron chi connectivity index (χ1n) is 9.04. The van der Waals surface area contributed by atoms with Crippen molar-refractivity contribution in [2.24, 2.45) is 5.92 Å². The van der Waals surface area contributed by atoms with Gasteiger partial charge < -0.3 is 9.16 Å². The number of nitrogens with one attached hydrogen (secondary N) is 1. The van der Waals surface area contributed by atoms with Crippen molar-refractivity contribution in [3.63, 3.8) is 0 Å². The third-order valence-electron chi connectivity index (χ3n) is 5.76. The minimum Gasteiger partial charge on any atom is -0.409 e. The van der Waals surface area contributed by atoms with E-state index in [9.17, 15) is 9.59 Å². The molecule has 4 atom stereocenters. The van der Waals surface area contributed by atoms with Gasteiger partial charge in [-0.3, -0.25) is 14.3 Å². The summed E-state index contributed by atoms with van der Waals surface area (Å²) in [6, 6.07) is 0. The van der Waals surface area contributed by atoms with Crippen molar-refractivity contribution in [1.82, 2.24) is 9.55 Å². The minimum absolute atomic E-state index is 0.0268. The number of aromatic nitrogens is 2. The first-order valence-corrected chi connectivity index (χ1v) is 11.9. The normalized spacial score (nSPS) is 27.7. The second-order valence-corrected chi connectivity index (χ2v) is 13.4. The van der Waals surface area contributed by atoms with Gasteiger partial charge in [0, 0.05) is 17.7 Å². The molecule has 6 nitrogen and oxygen atoms in total. The van der Waals surface area contributed by atoms with E-state index in [0.29, 0.717) is 5.56 Å². The van der Waals surface area contributed by atoms with Crippen LogP contribution in [0.3, 0.4) is 0 Å². The zero-order valence-corrected chi connectivity index (χ0v) is 17.7. The van der Waals surface area contributed by atoms with Crippen LogP contribution in [0.1, 0.15) is 52.8 Å². The summed E-state index contributed by atoms with van der Waals surface area (Å²) in [6.07, 6.45) is 1.73. The van der Waals surface area contributed by atoms with Crippen molar-refractivity contribution in [2.45, 2.75) is 84.5 Å². The summed E-state index contributed by atoms with van der Waals surface area (Å²) in [5, 5.41) is 0.0629. The summed E-state index contributed by atoms with van der Waals surface area (Å²) in [6.45, 7) is 16.9. The van der Waals surface area contributed by atoms with Gasteiger partial charge in [0.05, 0.1) is 12.2 Å². The molecule has 1 aromatic rings. The lowest BCUT2D eigenvalue weighted by molar-refractivity contribution is -0.0372. The molecule has 2 rings (SSSR count). The van der Waals surface area contributed by atoms with E-state index < -0.39 is 20.2 Å². The molecule has 0 spiro atoms. The Morgan fingerprint density at radius 3 is 2.44 bits per heavy atom. The fourth-order valence-electron chi connectivity index (χ4n) is 3.00. The fourth-order valence-corrected chi connectivity index (χ4v) is 4.37. The first-order chi connectivity index (χ1) is 11.4. The highest BCUT2D eigenvalue weighted by molar-refractivity contribution is 6.74. The Kier molecular flexibility index (Phi) is 5.52. The molecular formula is C18H32N2O4Si. The van der Waals surface area contributed by atoms with Gasteiger partial charge in [0.1, 0.15) is 0 Å². The lowest BCUT2D eigenvalue weighted by Crippen LogP contribution is -2.48. The molecular weight excluding hydrogens is 336 g/mol. The van der Waals surface area contributed by atoms with Crippen molar-refractivity contribution in [2.75, 3.05) is 0 Å². The fraction of sp³-hybridized carbons (Fsp3) is 0.778. The van der Waals surface area contributed by atoms with Crippen LogP contribution in [0.4, 0.5) is 0 Å². The molecule has 25 heavy (non-hydrogen) atoms. The van der Waals surface area contributed by atoms with Gasteiger partial charge in [-0.15, -0.1) is 0 Å². The largest absolute Gasteiger partial charge is 0.409 e. The third-order valence-corrected chi connectivity index (χ3v) is 10.2. The molecule has 1 aliphatic rings. The Hall–Kier alpha value is -1.18. The van der Waals surface area contributed by atoms with Crippen LogP contribution >= 0.6 is 0 Å². The Morgan fingerprint density at radius 2 is 1.92 bits per heavy atom. The van der Waals surface area contributed by atoms with Gasteiger partial charge in [-0.25, -0.2) is 4.79 Å². The summed E-state index contributed by atoms with van der Waals surface area (Å²) in [5.74, 6) is 0.170. The van der Waals surface area contributed by atoms with Crippen molar-refractivity contribution in [1.29, 1.82) is 0 Å². The summed E-state index contributed by atoms with van der Waals surface area (Å²) >= 11 is 0. The number of H-pyrrole nitrogens is 1. The van der Waals surface area contributed by atoms with Gasteiger partial charge >= 0.3 is 5.69 Å². The topological polar surface area (TPSA) is 73.3 Å². The van der Waals surface area contributed by atoms with Gasteiger partial charge in [0.15, 0.2) is 14.5 Å². The monoisotopic (exact) mass is 368 g/mol. The maximum Gasteiger partial charge on any atom is 0.330 e. The molecule has 0 amide bonds. The number of aryl methyl sites for hydroxylation is 1.